The number of nitrogens with one attached hydrogen (secondary N) is 1. The number of rotatable bonds is 8. The first-order valence-electron chi connectivity index (χ1n) is 13.5. The van der Waals surface area contributed by atoms with Gasteiger partial charge in [0, 0.05) is 37.4 Å². The zero-order valence-corrected chi connectivity index (χ0v) is 23.1. The van der Waals surface area contributed by atoms with E-state index in [1.54, 1.807) is 28.9 Å². The zero-order valence-electron chi connectivity index (χ0n) is 23.1. The molecule has 4 heterocycles. The number of nitrogens with zero attached hydrogens (tertiary/aromatic N) is 8. The van der Waals surface area contributed by atoms with E-state index in [0.717, 1.165) is 16.7 Å². The summed E-state index contributed by atoms with van der Waals surface area (Å²) in [6.45, 7) is 6.33. The first-order chi connectivity index (χ1) is 19.8. The summed E-state index contributed by atoms with van der Waals surface area (Å²) in [6.07, 6.45) is 1.66. The van der Waals surface area contributed by atoms with Crippen molar-refractivity contribution < 1.29 is 13.5 Å². The number of imidazole rings is 1. The number of aryl methyl sites for hydroxylation is 1. The number of ether oxygens (including phenoxy) is 1. The maximum Gasteiger partial charge on any atom is 0.296 e. The monoisotopic (exact) mass is 559 g/mol. The van der Waals surface area contributed by atoms with Gasteiger partial charge >= 0.3 is 0 Å². The van der Waals surface area contributed by atoms with Gasteiger partial charge in [0.15, 0.2) is 5.82 Å². The summed E-state index contributed by atoms with van der Waals surface area (Å²) in [5, 5.41) is 7.79. The summed E-state index contributed by atoms with van der Waals surface area (Å²) >= 11 is 0. The van der Waals surface area contributed by atoms with E-state index < -0.39 is 17.8 Å². The van der Waals surface area contributed by atoms with Crippen LogP contribution in [-0.2, 0) is 18.2 Å². The van der Waals surface area contributed by atoms with Crippen LogP contribution in [0, 0.1) is 0 Å². The van der Waals surface area contributed by atoms with Crippen LogP contribution in [0.15, 0.2) is 60.9 Å². The molecule has 0 unspecified atom stereocenters. The molecule has 10 nitrogen and oxygen atoms in total. The minimum atomic E-state index is -2.82. The maximum absolute atomic E-state index is 14.2. The largest absolute Gasteiger partial charge is 0.378 e. The van der Waals surface area contributed by atoms with E-state index in [-0.39, 0.29) is 5.95 Å². The van der Waals surface area contributed by atoms with Crippen LogP contribution in [0.1, 0.15) is 31.7 Å². The van der Waals surface area contributed by atoms with Crippen LogP contribution in [-0.4, -0.2) is 66.1 Å². The molecule has 6 rings (SSSR count). The fourth-order valence-corrected chi connectivity index (χ4v) is 5.16. The van der Waals surface area contributed by atoms with Crippen LogP contribution >= 0.6 is 0 Å². The molecule has 2 aromatic carbocycles. The molecule has 1 saturated heterocycles. The van der Waals surface area contributed by atoms with Gasteiger partial charge in [-0.05, 0) is 43.5 Å². The summed E-state index contributed by atoms with van der Waals surface area (Å²) in [7, 11) is 1.89. The zero-order chi connectivity index (χ0) is 28.6. The SMILES string of the molecule is Cn1cc(-c2ccccc2CC(C)(C)Nc2nc(N3CCOCC3)nc(-n3c(C(F)F)nc4ccccc43)n2)cn1. The molecule has 0 atom stereocenters. The van der Waals surface area contributed by atoms with Crippen LogP contribution in [0.5, 0.6) is 0 Å². The molecule has 1 aliphatic heterocycles. The second kappa shape index (κ2) is 10.8. The molecule has 0 saturated carbocycles. The third-order valence-corrected chi connectivity index (χ3v) is 7.00. The number of para-hydroxylation sites is 2. The minimum absolute atomic E-state index is 0.0829. The lowest BCUT2D eigenvalue weighted by molar-refractivity contribution is 0.122. The fraction of sp³-hybridized carbons (Fsp3) is 0.345. The summed E-state index contributed by atoms with van der Waals surface area (Å²) in [6, 6.07) is 15.2. The summed E-state index contributed by atoms with van der Waals surface area (Å²) < 4.78 is 37.0. The second-order valence-electron chi connectivity index (χ2n) is 10.7. The third-order valence-electron chi connectivity index (χ3n) is 7.00. The normalized spacial score (nSPS) is 14.2. The van der Waals surface area contributed by atoms with E-state index in [9.17, 15) is 8.78 Å². The van der Waals surface area contributed by atoms with Gasteiger partial charge in [0.25, 0.3) is 6.43 Å². The summed E-state index contributed by atoms with van der Waals surface area (Å²) in [5.41, 5.74) is 3.67. The van der Waals surface area contributed by atoms with Crippen molar-refractivity contribution in [1.82, 2.24) is 34.3 Å². The van der Waals surface area contributed by atoms with Crippen molar-refractivity contribution in [3.8, 4) is 17.1 Å². The quantitative estimate of drug-likeness (QED) is 0.289. The van der Waals surface area contributed by atoms with Crippen molar-refractivity contribution in [1.29, 1.82) is 0 Å². The van der Waals surface area contributed by atoms with Crippen LogP contribution in [0.2, 0.25) is 0 Å². The van der Waals surface area contributed by atoms with Crippen molar-refractivity contribution in [3.05, 3.63) is 72.3 Å². The molecule has 41 heavy (non-hydrogen) atoms. The Bertz CT molecular complexity index is 1670. The minimum Gasteiger partial charge on any atom is -0.378 e. The van der Waals surface area contributed by atoms with Gasteiger partial charge in [-0.15, -0.1) is 0 Å². The lowest BCUT2D eigenvalue weighted by Gasteiger charge is -2.30. The van der Waals surface area contributed by atoms with E-state index in [4.69, 9.17) is 9.72 Å². The van der Waals surface area contributed by atoms with E-state index in [2.05, 4.69) is 51.3 Å². The van der Waals surface area contributed by atoms with Crippen molar-refractivity contribution in [2.75, 3.05) is 36.5 Å². The van der Waals surface area contributed by atoms with Crippen molar-refractivity contribution >= 4 is 22.9 Å². The summed E-state index contributed by atoms with van der Waals surface area (Å²) in [4.78, 5) is 20.2. The number of hydrogen-bond acceptors (Lipinski definition) is 8. The fourth-order valence-electron chi connectivity index (χ4n) is 5.16. The summed E-state index contributed by atoms with van der Waals surface area (Å²) in [5.74, 6) is 0.351. The Balaban J connectivity index is 1.40. The molecule has 1 aliphatic rings. The lowest BCUT2D eigenvalue weighted by Crippen LogP contribution is -2.39. The first kappa shape index (κ1) is 26.8. The van der Waals surface area contributed by atoms with Crippen molar-refractivity contribution in [2.24, 2.45) is 7.05 Å². The van der Waals surface area contributed by atoms with Crippen LogP contribution in [0.25, 0.3) is 28.1 Å². The number of hydrogen-bond donors (Lipinski definition) is 1. The van der Waals surface area contributed by atoms with Crippen molar-refractivity contribution in [2.45, 2.75) is 32.2 Å². The molecule has 0 bridgehead atoms. The standard InChI is InChI=1S/C29H31F2N9O/c1-29(2,16-19-8-4-5-9-21(19)20-17-32-38(3)18-20)37-26-34-27(39-12-14-41-15-13-39)36-28(35-26)40-23-11-7-6-10-22(23)33-25(40)24(30)31/h4-11,17-18,24H,12-16H2,1-3H3,(H,34,35,36,37). The number of morpholine rings is 1. The van der Waals surface area contributed by atoms with Gasteiger partial charge in [0.1, 0.15) is 0 Å². The molecule has 0 amide bonds. The Hall–Kier alpha value is -4.45. The highest BCUT2D eigenvalue weighted by atomic mass is 19.3. The number of anilines is 2. The predicted molar refractivity (Wildman–Crippen MR) is 152 cm³/mol. The molecule has 1 fully saturated rings. The predicted octanol–water partition coefficient (Wildman–Crippen LogP) is 4.82. The third kappa shape index (κ3) is 5.60. The van der Waals surface area contributed by atoms with Gasteiger partial charge in [-0.2, -0.15) is 20.1 Å². The number of fused-ring (bicyclic) bond motifs is 1. The molecule has 3 aromatic heterocycles. The number of benzene rings is 2. The lowest BCUT2D eigenvalue weighted by atomic mass is 9.90. The van der Waals surface area contributed by atoms with Crippen molar-refractivity contribution in [3.63, 3.8) is 0 Å². The van der Waals surface area contributed by atoms with Gasteiger partial charge in [-0.3, -0.25) is 9.25 Å². The number of halogens is 2. The number of alkyl halides is 2. The Labute approximate surface area is 236 Å². The van der Waals surface area contributed by atoms with E-state index in [1.807, 2.05) is 36.5 Å². The smallest absolute Gasteiger partial charge is 0.296 e. The highest BCUT2D eigenvalue weighted by Gasteiger charge is 2.27. The molecule has 5 aromatic rings. The van der Waals surface area contributed by atoms with E-state index in [1.165, 1.54) is 4.57 Å². The average molecular weight is 560 g/mol. The highest BCUT2D eigenvalue weighted by molar-refractivity contribution is 5.77. The van der Waals surface area contributed by atoms with E-state index >= 15 is 0 Å². The maximum atomic E-state index is 14.2. The highest BCUT2D eigenvalue weighted by Crippen LogP contribution is 2.30. The molecule has 212 valence electrons. The molecule has 1 N–H and O–H groups in total. The first-order valence-corrected chi connectivity index (χ1v) is 13.5. The Kier molecular flexibility index (Phi) is 7.08. The Morgan fingerprint density at radius 2 is 1.68 bits per heavy atom. The molecular formula is C29H31F2N9O. The van der Waals surface area contributed by atoms with E-state index in [0.29, 0.717) is 55.7 Å². The Morgan fingerprint density at radius 3 is 2.44 bits per heavy atom. The van der Waals surface area contributed by atoms with Gasteiger partial charge in [0.05, 0.1) is 30.4 Å². The van der Waals surface area contributed by atoms with Gasteiger partial charge in [-0.1, -0.05) is 36.4 Å². The molecular weight excluding hydrogens is 528 g/mol. The Morgan fingerprint density at radius 1 is 0.951 bits per heavy atom. The molecule has 0 radical (unpaired) electrons. The molecule has 12 heteroatoms. The molecule has 0 aliphatic carbocycles. The molecule has 0 spiro atoms. The second-order valence-corrected chi connectivity index (χ2v) is 10.7. The van der Waals surface area contributed by atoms with Gasteiger partial charge < -0.3 is 15.0 Å². The number of aromatic nitrogens is 7. The average Bonchev–Trinajstić information content (AvgIpc) is 3.57. The topological polar surface area (TPSA) is 98.8 Å². The van der Waals surface area contributed by atoms with Crippen LogP contribution in [0.4, 0.5) is 20.7 Å². The van der Waals surface area contributed by atoms with Crippen LogP contribution < -0.4 is 10.2 Å². The van der Waals surface area contributed by atoms with Gasteiger partial charge in [0.2, 0.25) is 17.8 Å². The van der Waals surface area contributed by atoms with Crippen LogP contribution in [0.3, 0.4) is 0 Å². The van der Waals surface area contributed by atoms with Gasteiger partial charge in [-0.25, -0.2) is 13.8 Å².